The minimum Gasteiger partial charge on any atom is -0.455 e. The fourth-order valence-electron chi connectivity index (χ4n) is 3.53. The molecule has 0 saturated heterocycles. The second-order valence-electron chi connectivity index (χ2n) is 6.38. The molecular weight excluding hydrogens is 306 g/mol. The SMILES string of the molecule is CCc1ccnc(-c2cccc3c2oc2cc4ccccc4cc23)c1. The number of nitrogens with zero attached hydrogens (tertiary/aromatic N) is 1. The number of pyridine rings is 1. The van der Waals surface area contributed by atoms with E-state index in [9.17, 15) is 0 Å². The highest BCUT2D eigenvalue weighted by atomic mass is 16.3. The van der Waals surface area contributed by atoms with Crippen molar-refractivity contribution in [3.8, 4) is 11.3 Å². The summed E-state index contributed by atoms with van der Waals surface area (Å²) in [6.45, 7) is 2.16. The topological polar surface area (TPSA) is 26.0 Å². The van der Waals surface area contributed by atoms with Crippen molar-refractivity contribution >= 4 is 32.7 Å². The molecule has 0 saturated carbocycles. The van der Waals surface area contributed by atoms with Crippen LogP contribution in [0.1, 0.15) is 12.5 Å². The first-order valence-electron chi connectivity index (χ1n) is 8.63. The summed E-state index contributed by atoms with van der Waals surface area (Å²) in [5.74, 6) is 0. The third-order valence-corrected chi connectivity index (χ3v) is 4.87. The Labute approximate surface area is 145 Å². The highest BCUT2D eigenvalue weighted by Gasteiger charge is 2.13. The molecule has 0 amide bonds. The predicted octanol–water partition coefficient (Wildman–Crippen LogP) is 6.36. The minimum absolute atomic E-state index is 0.911. The number of hydrogen-bond acceptors (Lipinski definition) is 2. The van der Waals surface area contributed by atoms with Gasteiger partial charge in [0, 0.05) is 22.5 Å². The Morgan fingerprint density at radius 2 is 1.68 bits per heavy atom. The summed E-state index contributed by atoms with van der Waals surface area (Å²) in [5, 5.41) is 4.72. The molecule has 2 aromatic heterocycles. The van der Waals surface area contributed by atoms with Gasteiger partial charge in [0.2, 0.25) is 0 Å². The Kier molecular flexibility index (Phi) is 3.10. The van der Waals surface area contributed by atoms with Crippen molar-refractivity contribution < 1.29 is 4.42 Å². The van der Waals surface area contributed by atoms with Gasteiger partial charge in [-0.3, -0.25) is 4.98 Å². The zero-order valence-electron chi connectivity index (χ0n) is 14.0. The third kappa shape index (κ3) is 2.22. The molecule has 0 fully saturated rings. The van der Waals surface area contributed by atoms with E-state index < -0.39 is 0 Å². The van der Waals surface area contributed by atoms with Gasteiger partial charge in [-0.1, -0.05) is 43.3 Å². The smallest absolute Gasteiger partial charge is 0.144 e. The minimum atomic E-state index is 0.911. The lowest BCUT2D eigenvalue weighted by molar-refractivity contribution is 0.670. The largest absolute Gasteiger partial charge is 0.455 e. The summed E-state index contributed by atoms with van der Waals surface area (Å²) in [6.07, 6.45) is 2.88. The molecule has 25 heavy (non-hydrogen) atoms. The predicted molar refractivity (Wildman–Crippen MR) is 104 cm³/mol. The molecule has 5 rings (SSSR count). The standard InChI is InChI=1S/C23H17NO/c1-2-15-10-11-24-21(12-15)19-9-5-8-18-20-13-16-6-3-4-7-17(16)14-22(20)25-23(18)19/h3-14H,2H2,1H3. The van der Waals surface area contributed by atoms with Crippen LogP contribution in [0.2, 0.25) is 0 Å². The fourth-order valence-corrected chi connectivity index (χ4v) is 3.53. The zero-order chi connectivity index (χ0) is 16.8. The van der Waals surface area contributed by atoms with E-state index >= 15 is 0 Å². The molecule has 0 aliphatic carbocycles. The Bertz CT molecular complexity index is 1230. The van der Waals surface area contributed by atoms with Gasteiger partial charge in [-0.2, -0.15) is 0 Å². The normalized spacial score (nSPS) is 11.6. The molecule has 0 aliphatic heterocycles. The van der Waals surface area contributed by atoms with Crippen LogP contribution in [0.4, 0.5) is 0 Å². The van der Waals surface area contributed by atoms with E-state index in [-0.39, 0.29) is 0 Å². The molecule has 2 heterocycles. The molecule has 0 bridgehead atoms. The van der Waals surface area contributed by atoms with Gasteiger partial charge in [-0.25, -0.2) is 0 Å². The highest BCUT2D eigenvalue weighted by molar-refractivity contribution is 6.12. The number of para-hydroxylation sites is 1. The molecule has 0 radical (unpaired) electrons. The van der Waals surface area contributed by atoms with E-state index in [0.717, 1.165) is 39.6 Å². The Morgan fingerprint density at radius 3 is 2.52 bits per heavy atom. The lowest BCUT2D eigenvalue weighted by Gasteiger charge is -2.03. The first-order valence-corrected chi connectivity index (χ1v) is 8.63. The number of hydrogen-bond donors (Lipinski definition) is 0. The number of benzene rings is 3. The number of aromatic nitrogens is 1. The second kappa shape index (κ2) is 5.45. The first-order chi connectivity index (χ1) is 12.3. The Balaban J connectivity index is 1.84. The summed E-state index contributed by atoms with van der Waals surface area (Å²) in [7, 11) is 0. The van der Waals surface area contributed by atoms with Gasteiger partial charge in [0.25, 0.3) is 0 Å². The van der Waals surface area contributed by atoms with Crippen molar-refractivity contribution in [3.63, 3.8) is 0 Å². The van der Waals surface area contributed by atoms with Crippen LogP contribution in [0.3, 0.4) is 0 Å². The number of aryl methyl sites for hydroxylation is 1. The van der Waals surface area contributed by atoms with Gasteiger partial charge in [-0.05, 0) is 53.1 Å². The van der Waals surface area contributed by atoms with E-state index in [1.807, 2.05) is 6.20 Å². The average molecular weight is 323 g/mol. The molecule has 2 nitrogen and oxygen atoms in total. The van der Waals surface area contributed by atoms with Crippen molar-refractivity contribution in [3.05, 3.63) is 78.5 Å². The number of furan rings is 1. The highest BCUT2D eigenvalue weighted by Crippen LogP contribution is 2.37. The lowest BCUT2D eigenvalue weighted by Crippen LogP contribution is -1.87. The van der Waals surface area contributed by atoms with Crippen molar-refractivity contribution in [2.45, 2.75) is 13.3 Å². The molecule has 5 aromatic rings. The Morgan fingerprint density at radius 1 is 0.840 bits per heavy atom. The van der Waals surface area contributed by atoms with Crippen LogP contribution in [0.15, 0.2) is 77.3 Å². The first kappa shape index (κ1) is 14.2. The molecule has 120 valence electrons. The molecule has 3 aromatic carbocycles. The van der Waals surface area contributed by atoms with Crippen LogP contribution in [-0.2, 0) is 6.42 Å². The maximum atomic E-state index is 6.28. The third-order valence-electron chi connectivity index (χ3n) is 4.87. The van der Waals surface area contributed by atoms with E-state index in [1.54, 1.807) is 0 Å². The van der Waals surface area contributed by atoms with Crippen LogP contribution >= 0.6 is 0 Å². The maximum Gasteiger partial charge on any atom is 0.144 e. The summed E-state index contributed by atoms with van der Waals surface area (Å²) in [4.78, 5) is 4.57. The maximum absolute atomic E-state index is 6.28. The number of fused-ring (bicyclic) bond motifs is 4. The summed E-state index contributed by atoms with van der Waals surface area (Å²) in [6, 6.07) is 23.3. The molecule has 0 aliphatic rings. The molecule has 0 N–H and O–H groups in total. The van der Waals surface area contributed by atoms with Crippen molar-refractivity contribution in [2.75, 3.05) is 0 Å². The second-order valence-corrected chi connectivity index (χ2v) is 6.38. The molecule has 0 unspecified atom stereocenters. The lowest BCUT2D eigenvalue weighted by atomic mass is 10.0. The molecule has 2 heteroatoms. The van der Waals surface area contributed by atoms with E-state index in [4.69, 9.17) is 4.42 Å². The summed E-state index contributed by atoms with van der Waals surface area (Å²) < 4.78 is 6.28. The molecule has 0 spiro atoms. The van der Waals surface area contributed by atoms with Crippen molar-refractivity contribution in [1.82, 2.24) is 4.98 Å². The van der Waals surface area contributed by atoms with Gasteiger partial charge >= 0.3 is 0 Å². The fraction of sp³-hybridized carbons (Fsp3) is 0.0870. The van der Waals surface area contributed by atoms with E-state index in [2.05, 4.69) is 78.6 Å². The van der Waals surface area contributed by atoms with Crippen LogP contribution in [0.25, 0.3) is 44.0 Å². The molecular formula is C23H17NO. The Hall–Kier alpha value is -3.13. The van der Waals surface area contributed by atoms with Crippen LogP contribution in [0, 0.1) is 0 Å². The van der Waals surface area contributed by atoms with Gasteiger partial charge in [0.1, 0.15) is 11.2 Å². The van der Waals surface area contributed by atoms with Crippen LogP contribution < -0.4 is 0 Å². The summed E-state index contributed by atoms with van der Waals surface area (Å²) >= 11 is 0. The van der Waals surface area contributed by atoms with E-state index in [0.29, 0.717) is 0 Å². The van der Waals surface area contributed by atoms with Crippen LogP contribution in [-0.4, -0.2) is 4.98 Å². The van der Waals surface area contributed by atoms with Crippen molar-refractivity contribution in [2.24, 2.45) is 0 Å². The monoisotopic (exact) mass is 323 g/mol. The van der Waals surface area contributed by atoms with Gasteiger partial charge in [-0.15, -0.1) is 0 Å². The quantitative estimate of drug-likeness (QED) is 0.377. The van der Waals surface area contributed by atoms with Gasteiger partial charge < -0.3 is 4.42 Å². The molecule has 0 atom stereocenters. The van der Waals surface area contributed by atoms with E-state index in [1.165, 1.54) is 16.3 Å². The van der Waals surface area contributed by atoms with Crippen LogP contribution in [0.5, 0.6) is 0 Å². The summed E-state index contributed by atoms with van der Waals surface area (Å²) in [5.41, 5.74) is 5.13. The zero-order valence-corrected chi connectivity index (χ0v) is 14.0. The van der Waals surface area contributed by atoms with Gasteiger partial charge in [0.05, 0.1) is 5.69 Å². The number of rotatable bonds is 2. The van der Waals surface area contributed by atoms with Crippen molar-refractivity contribution in [1.29, 1.82) is 0 Å². The average Bonchev–Trinajstić information content (AvgIpc) is 3.03. The van der Waals surface area contributed by atoms with Gasteiger partial charge in [0.15, 0.2) is 0 Å².